The van der Waals surface area contributed by atoms with E-state index in [0.29, 0.717) is 0 Å². The van der Waals surface area contributed by atoms with Gasteiger partial charge in [-0.05, 0) is 13.8 Å². The van der Waals surface area contributed by atoms with Gasteiger partial charge in [-0.15, -0.1) is 0 Å². The molecule has 0 radical (unpaired) electrons. The van der Waals surface area contributed by atoms with E-state index in [2.05, 4.69) is 0 Å². The summed E-state index contributed by atoms with van der Waals surface area (Å²) in [4.78, 5) is 10.6. The number of aliphatic hydroxyl groups is 3. The molecular weight excluding hydrogens is 136 g/mol. The first kappa shape index (κ1) is 9.55. The SMILES string of the molecule is CC(O)C(=O)C(O)C(C)O. The summed E-state index contributed by atoms with van der Waals surface area (Å²) in [5, 5.41) is 26.1. The number of aliphatic hydroxyl groups excluding tert-OH is 3. The van der Waals surface area contributed by atoms with Crippen LogP contribution in [0.5, 0.6) is 0 Å². The van der Waals surface area contributed by atoms with Gasteiger partial charge in [0.2, 0.25) is 0 Å². The minimum Gasteiger partial charge on any atom is -0.390 e. The van der Waals surface area contributed by atoms with Crippen LogP contribution in [0.4, 0.5) is 0 Å². The molecule has 0 aliphatic heterocycles. The van der Waals surface area contributed by atoms with Crippen molar-refractivity contribution >= 4 is 5.78 Å². The van der Waals surface area contributed by atoms with E-state index >= 15 is 0 Å². The summed E-state index contributed by atoms with van der Waals surface area (Å²) in [5.74, 6) is -0.755. The Kier molecular flexibility index (Phi) is 3.49. The predicted octanol–water partition coefficient (Wildman–Crippen LogP) is -1.32. The van der Waals surface area contributed by atoms with E-state index in [9.17, 15) is 4.79 Å². The van der Waals surface area contributed by atoms with E-state index in [1.165, 1.54) is 13.8 Å². The fourth-order valence-corrected chi connectivity index (χ4v) is 0.485. The summed E-state index contributed by atoms with van der Waals surface area (Å²) in [5.41, 5.74) is 0. The molecule has 4 nitrogen and oxygen atoms in total. The molecule has 3 atom stereocenters. The zero-order valence-corrected chi connectivity index (χ0v) is 5.98. The second kappa shape index (κ2) is 3.65. The lowest BCUT2D eigenvalue weighted by molar-refractivity contribution is -0.139. The van der Waals surface area contributed by atoms with Crippen molar-refractivity contribution in [2.75, 3.05) is 0 Å². The van der Waals surface area contributed by atoms with Crippen LogP contribution >= 0.6 is 0 Å². The highest BCUT2D eigenvalue weighted by molar-refractivity contribution is 5.86. The summed E-state index contributed by atoms with van der Waals surface area (Å²) in [6.45, 7) is 2.53. The van der Waals surface area contributed by atoms with Crippen LogP contribution in [0, 0.1) is 0 Å². The van der Waals surface area contributed by atoms with E-state index in [0.717, 1.165) is 0 Å². The van der Waals surface area contributed by atoms with Crippen molar-refractivity contribution in [1.29, 1.82) is 0 Å². The van der Waals surface area contributed by atoms with Crippen molar-refractivity contribution in [2.45, 2.75) is 32.2 Å². The first-order chi connectivity index (χ1) is 4.46. The smallest absolute Gasteiger partial charge is 0.191 e. The Hall–Kier alpha value is -0.450. The van der Waals surface area contributed by atoms with Gasteiger partial charge < -0.3 is 15.3 Å². The molecule has 0 rings (SSSR count). The van der Waals surface area contributed by atoms with Crippen LogP contribution in [0.1, 0.15) is 13.8 Å². The van der Waals surface area contributed by atoms with Crippen molar-refractivity contribution in [1.82, 2.24) is 0 Å². The first-order valence-electron chi connectivity index (χ1n) is 3.04. The Bertz CT molecular complexity index is 119. The third kappa shape index (κ3) is 2.43. The monoisotopic (exact) mass is 148 g/mol. The molecule has 0 amide bonds. The van der Waals surface area contributed by atoms with Crippen LogP contribution in [0.2, 0.25) is 0 Å². The maximum atomic E-state index is 10.6. The molecule has 0 bridgehead atoms. The predicted molar refractivity (Wildman–Crippen MR) is 34.4 cm³/mol. The highest BCUT2D eigenvalue weighted by Crippen LogP contribution is 1.97. The largest absolute Gasteiger partial charge is 0.390 e. The number of carbonyl (C=O) groups excluding carboxylic acids is 1. The molecule has 0 fully saturated rings. The van der Waals surface area contributed by atoms with Crippen LogP contribution in [0.25, 0.3) is 0 Å². The molecule has 4 heteroatoms. The van der Waals surface area contributed by atoms with Gasteiger partial charge in [0.25, 0.3) is 0 Å². The van der Waals surface area contributed by atoms with Gasteiger partial charge in [0, 0.05) is 0 Å². The molecule has 0 aromatic heterocycles. The van der Waals surface area contributed by atoms with Gasteiger partial charge >= 0.3 is 0 Å². The summed E-state index contributed by atoms with van der Waals surface area (Å²) in [7, 11) is 0. The molecule has 0 aromatic rings. The minimum absolute atomic E-state index is 0.755. The number of carbonyl (C=O) groups is 1. The molecule has 0 aromatic carbocycles. The quantitative estimate of drug-likeness (QED) is 0.464. The Morgan fingerprint density at radius 3 is 1.70 bits per heavy atom. The molecule has 60 valence electrons. The van der Waals surface area contributed by atoms with E-state index in [-0.39, 0.29) is 0 Å². The highest BCUT2D eigenvalue weighted by atomic mass is 16.3. The molecule has 3 N–H and O–H groups in total. The number of hydrogen-bond acceptors (Lipinski definition) is 4. The van der Waals surface area contributed by atoms with Crippen LogP contribution in [0.15, 0.2) is 0 Å². The standard InChI is InChI=1S/C6H12O4/c1-3(7)5(9)6(10)4(2)8/h3-5,7-9H,1-2H3. The van der Waals surface area contributed by atoms with Crippen molar-refractivity contribution < 1.29 is 20.1 Å². The zero-order chi connectivity index (χ0) is 8.31. The Morgan fingerprint density at radius 2 is 1.60 bits per heavy atom. The molecule has 3 unspecified atom stereocenters. The lowest BCUT2D eigenvalue weighted by Crippen LogP contribution is -2.37. The Balaban J connectivity index is 3.95. The van der Waals surface area contributed by atoms with Crippen LogP contribution in [-0.4, -0.2) is 39.4 Å². The minimum atomic E-state index is -1.47. The summed E-state index contributed by atoms with van der Waals surface area (Å²) in [6, 6.07) is 0. The second-order valence-corrected chi connectivity index (χ2v) is 2.26. The fourth-order valence-electron chi connectivity index (χ4n) is 0.485. The van der Waals surface area contributed by atoms with E-state index in [1.807, 2.05) is 0 Å². The van der Waals surface area contributed by atoms with Gasteiger partial charge in [0.05, 0.1) is 6.10 Å². The Labute approximate surface area is 59.1 Å². The third-order valence-electron chi connectivity index (χ3n) is 1.16. The molecule has 0 aliphatic carbocycles. The Morgan fingerprint density at radius 1 is 1.20 bits per heavy atom. The van der Waals surface area contributed by atoms with E-state index < -0.39 is 24.1 Å². The van der Waals surface area contributed by atoms with Crippen molar-refractivity contribution in [3.63, 3.8) is 0 Å². The van der Waals surface area contributed by atoms with Gasteiger partial charge in [-0.3, -0.25) is 4.79 Å². The molecule has 0 spiro atoms. The average molecular weight is 148 g/mol. The normalized spacial score (nSPS) is 19.7. The van der Waals surface area contributed by atoms with Gasteiger partial charge in [-0.1, -0.05) is 0 Å². The number of hydrogen-bond donors (Lipinski definition) is 3. The molecule has 0 saturated carbocycles. The highest BCUT2D eigenvalue weighted by Gasteiger charge is 2.23. The number of rotatable bonds is 3. The fraction of sp³-hybridized carbons (Fsp3) is 0.833. The summed E-state index contributed by atoms with van der Waals surface area (Å²) >= 11 is 0. The lowest BCUT2D eigenvalue weighted by Gasteiger charge is -2.13. The molecule has 0 heterocycles. The topological polar surface area (TPSA) is 77.8 Å². The molecule has 0 aliphatic rings. The van der Waals surface area contributed by atoms with Crippen LogP contribution in [-0.2, 0) is 4.79 Å². The zero-order valence-electron chi connectivity index (χ0n) is 5.98. The number of Topliss-reactive ketones (excluding diaryl/α,β-unsaturated/α-hetero) is 1. The third-order valence-corrected chi connectivity index (χ3v) is 1.16. The summed E-state index contributed by atoms with van der Waals surface area (Å²) < 4.78 is 0. The molecule has 10 heavy (non-hydrogen) atoms. The van der Waals surface area contributed by atoms with Gasteiger partial charge in [-0.2, -0.15) is 0 Å². The van der Waals surface area contributed by atoms with Gasteiger partial charge in [0.15, 0.2) is 5.78 Å². The lowest BCUT2D eigenvalue weighted by atomic mass is 10.1. The second-order valence-electron chi connectivity index (χ2n) is 2.26. The van der Waals surface area contributed by atoms with Crippen molar-refractivity contribution in [3.8, 4) is 0 Å². The van der Waals surface area contributed by atoms with Crippen molar-refractivity contribution in [3.05, 3.63) is 0 Å². The maximum absolute atomic E-state index is 10.6. The van der Waals surface area contributed by atoms with Gasteiger partial charge in [0.1, 0.15) is 12.2 Å². The average Bonchev–Trinajstić information content (AvgIpc) is 1.84. The van der Waals surface area contributed by atoms with Crippen LogP contribution < -0.4 is 0 Å². The molecule has 0 saturated heterocycles. The van der Waals surface area contributed by atoms with Gasteiger partial charge in [-0.25, -0.2) is 0 Å². The number of ketones is 1. The first-order valence-corrected chi connectivity index (χ1v) is 3.04. The molecular formula is C6H12O4. The van der Waals surface area contributed by atoms with E-state index in [4.69, 9.17) is 15.3 Å². The van der Waals surface area contributed by atoms with Crippen molar-refractivity contribution in [2.24, 2.45) is 0 Å². The maximum Gasteiger partial charge on any atom is 0.191 e. The van der Waals surface area contributed by atoms with E-state index in [1.54, 1.807) is 0 Å². The van der Waals surface area contributed by atoms with Crippen LogP contribution in [0.3, 0.4) is 0 Å². The summed E-state index contributed by atoms with van der Waals surface area (Å²) in [6.07, 6.45) is -3.81.